The summed E-state index contributed by atoms with van der Waals surface area (Å²) in [5.41, 5.74) is 0.777. The molecule has 0 spiro atoms. The van der Waals surface area contributed by atoms with E-state index in [-0.39, 0.29) is 28.5 Å². The number of halogens is 2. The average molecular weight is 356 g/mol. The van der Waals surface area contributed by atoms with Crippen molar-refractivity contribution in [1.29, 1.82) is 5.26 Å². The Bertz CT molecular complexity index is 682. The van der Waals surface area contributed by atoms with E-state index in [1.165, 1.54) is 6.07 Å². The molecule has 2 rings (SSSR count). The molecule has 1 aromatic carbocycles. The molecule has 0 aliphatic carbocycles. The van der Waals surface area contributed by atoms with E-state index < -0.39 is 17.9 Å². The van der Waals surface area contributed by atoms with Crippen molar-refractivity contribution in [2.75, 3.05) is 6.61 Å². The van der Waals surface area contributed by atoms with E-state index in [9.17, 15) is 9.59 Å². The summed E-state index contributed by atoms with van der Waals surface area (Å²) in [5, 5.41) is 8.75. The van der Waals surface area contributed by atoms with Crippen LogP contribution in [-0.2, 0) is 16.0 Å². The summed E-state index contributed by atoms with van der Waals surface area (Å²) in [6.07, 6.45) is 0.870. The molecule has 0 aromatic heterocycles. The number of ether oxygens (including phenoxy) is 2. The molecule has 0 N–H and O–H groups in total. The molecule has 1 aliphatic heterocycles. The minimum atomic E-state index is -0.795. The van der Waals surface area contributed by atoms with E-state index in [0.29, 0.717) is 17.9 Å². The molecule has 0 saturated heterocycles. The molecule has 0 radical (unpaired) electrons. The highest BCUT2D eigenvalue weighted by Gasteiger charge is 2.34. The molecular weight excluding hydrogens is 341 g/mol. The van der Waals surface area contributed by atoms with Gasteiger partial charge in [-0.05, 0) is 12.5 Å². The average Bonchev–Trinajstić information content (AvgIpc) is 2.95. The van der Waals surface area contributed by atoms with Crippen molar-refractivity contribution >= 4 is 35.0 Å². The quantitative estimate of drug-likeness (QED) is 0.441. The maximum atomic E-state index is 12.0. The molecule has 1 heterocycles. The fourth-order valence-corrected chi connectivity index (χ4v) is 2.75. The number of fused-ring (bicyclic) bond motifs is 1. The third-order valence-corrected chi connectivity index (χ3v) is 4.30. The van der Waals surface area contributed by atoms with Crippen molar-refractivity contribution in [3.8, 4) is 11.8 Å². The second-order valence-corrected chi connectivity index (χ2v) is 5.89. The first-order valence-electron chi connectivity index (χ1n) is 7.23. The number of Topliss-reactive ketones (excluding diaryl/α,β-unsaturated/α-hetero) is 1. The normalized spacial score (nSPS) is 15.5. The van der Waals surface area contributed by atoms with Gasteiger partial charge in [0, 0.05) is 17.5 Å². The van der Waals surface area contributed by atoms with E-state index in [1.54, 1.807) is 6.07 Å². The summed E-state index contributed by atoms with van der Waals surface area (Å²) in [5.74, 6) is -0.592. The fourth-order valence-electron chi connectivity index (χ4n) is 2.24. The Balaban J connectivity index is 2.19. The topological polar surface area (TPSA) is 76.4 Å². The van der Waals surface area contributed by atoms with Gasteiger partial charge in [-0.1, -0.05) is 36.5 Å². The number of ketones is 1. The van der Waals surface area contributed by atoms with Gasteiger partial charge < -0.3 is 9.47 Å². The summed E-state index contributed by atoms with van der Waals surface area (Å²) < 4.78 is 10.7. The zero-order valence-electron chi connectivity index (χ0n) is 12.5. The molecule has 0 fully saturated rings. The van der Waals surface area contributed by atoms with Crippen molar-refractivity contribution in [2.45, 2.75) is 38.7 Å². The molecule has 1 aliphatic rings. The third-order valence-electron chi connectivity index (χ3n) is 3.45. The van der Waals surface area contributed by atoms with E-state index in [1.807, 2.05) is 6.92 Å². The number of unbranched alkanes of at least 4 members (excludes halogenated alkanes) is 1. The lowest BCUT2D eigenvalue weighted by Crippen LogP contribution is -2.27. The van der Waals surface area contributed by atoms with Gasteiger partial charge in [-0.15, -0.1) is 0 Å². The van der Waals surface area contributed by atoms with Crippen LogP contribution in [0.4, 0.5) is 0 Å². The number of benzene rings is 1. The van der Waals surface area contributed by atoms with Crippen LogP contribution >= 0.6 is 23.2 Å². The van der Waals surface area contributed by atoms with Crippen LogP contribution < -0.4 is 4.74 Å². The lowest BCUT2D eigenvalue weighted by molar-refractivity contribution is -0.151. The predicted molar refractivity (Wildman–Crippen MR) is 85.0 cm³/mol. The predicted octanol–water partition coefficient (Wildman–Crippen LogP) is 3.74. The van der Waals surface area contributed by atoms with Crippen LogP contribution in [0.15, 0.2) is 6.07 Å². The number of esters is 1. The lowest BCUT2D eigenvalue weighted by atomic mass is 10.0. The highest BCUT2D eigenvalue weighted by Crippen LogP contribution is 2.42. The van der Waals surface area contributed by atoms with Crippen molar-refractivity contribution in [2.24, 2.45) is 0 Å². The number of carbonyl (C=O) groups is 2. The van der Waals surface area contributed by atoms with Gasteiger partial charge in [0.05, 0.1) is 24.1 Å². The maximum absolute atomic E-state index is 12.0. The molecule has 122 valence electrons. The molecular formula is C16H15Cl2NO4. The minimum Gasteiger partial charge on any atom is -0.476 e. The van der Waals surface area contributed by atoms with Crippen molar-refractivity contribution in [3.63, 3.8) is 0 Å². The van der Waals surface area contributed by atoms with Crippen molar-refractivity contribution in [3.05, 3.63) is 27.2 Å². The highest BCUT2D eigenvalue weighted by molar-refractivity contribution is 6.45. The second-order valence-electron chi connectivity index (χ2n) is 5.13. The fraction of sp³-hybridized carbons (Fsp3) is 0.438. The molecule has 23 heavy (non-hydrogen) atoms. The van der Waals surface area contributed by atoms with Gasteiger partial charge in [0.25, 0.3) is 0 Å². The summed E-state index contributed by atoms with van der Waals surface area (Å²) in [6.45, 7) is 2.34. The Labute approximate surface area is 144 Å². The van der Waals surface area contributed by atoms with Crippen molar-refractivity contribution in [1.82, 2.24) is 0 Å². The Hall–Kier alpha value is -1.77. The summed E-state index contributed by atoms with van der Waals surface area (Å²) >= 11 is 12.2. The van der Waals surface area contributed by atoms with Gasteiger partial charge in [-0.2, -0.15) is 5.26 Å². The zero-order chi connectivity index (χ0) is 17.0. The molecule has 7 heteroatoms. The Morgan fingerprint density at radius 3 is 2.83 bits per heavy atom. The number of nitriles is 1. The van der Waals surface area contributed by atoms with Crippen LogP contribution in [0, 0.1) is 11.3 Å². The first kappa shape index (κ1) is 17.6. The standard InChI is InChI=1S/C16H15Cl2NO4/c1-2-3-6-22-16(21)12-8-9-7-10(11(20)4-5-19)13(17)14(18)15(9)23-12/h7,12H,2-4,6,8H2,1H3. The van der Waals surface area contributed by atoms with Gasteiger partial charge in [-0.25, -0.2) is 4.79 Å². The number of nitrogens with zero attached hydrogens (tertiary/aromatic N) is 1. The summed E-state index contributed by atoms with van der Waals surface area (Å²) in [4.78, 5) is 23.9. The summed E-state index contributed by atoms with van der Waals surface area (Å²) in [7, 11) is 0. The lowest BCUT2D eigenvalue weighted by Gasteiger charge is -2.11. The van der Waals surface area contributed by atoms with Crippen LogP contribution in [0.3, 0.4) is 0 Å². The molecule has 0 saturated carbocycles. The highest BCUT2D eigenvalue weighted by atomic mass is 35.5. The molecule has 5 nitrogen and oxygen atoms in total. The minimum absolute atomic E-state index is 0.0330. The second kappa shape index (κ2) is 7.67. The molecule has 1 unspecified atom stereocenters. The van der Waals surface area contributed by atoms with Gasteiger partial charge >= 0.3 is 5.97 Å². The number of carbonyl (C=O) groups excluding carboxylic acids is 2. The smallest absolute Gasteiger partial charge is 0.347 e. The van der Waals surface area contributed by atoms with Gasteiger partial charge in [0.2, 0.25) is 0 Å². The van der Waals surface area contributed by atoms with Crippen LogP contribution in [0.5, 0.6) is 5.75 Å². The molecule has 0 amide bonds. The monoisotopic (exact) mass is 355 g/mol. The zero-order valence-corrected chi connectivity index (χ0v) is 14.0. The van der Waals surface area contributed by atoms with E-state index in [4.69, 9.17) is 37.9 Å². The van der Waals surface area contributed by atoms with Gasteiger partial charge in [0.1, 0.15) is 10.8 Å². The molecule has 1 atom stereocenters. The van der Waals surface area contributed by atoms with E-state index in [2.05, 4.69) is 0 Å². The Kier molecular flexibility index (Phi) is 5.86. The van der Waals surface area contributed by atoms with Crippen LogP contribution in [-0.4, -0.2) is 24.5 Å². The molecule has 0 bridgehead atoms. The first-order chi connectivity index (χ1) is 11.0. The maximum Gasteiger partial charge on any atom is 0.347 e. The number of hydrogen-bond donors (Lipinski definition) is 0. The van der Waals surface area contributed by atoms with Crippen molar-refractivity contribution < 1.29 is 19.1 Å². The third kappa shape index (κ3) is 3.77. The SMILES string of the molecule is CCCCOC(=O)C1Cc2cc(C(=O)CC#N)c(Cl)c(Cl)c2O1. The number of rotatable bonds is 6. The van der Waals surface area contributed by atoms with Crippen LogP contribution in [0.2, 0.25) is 10.0 Å². The number of hydrogen-bond acceptors (Lipinski definition) is 5. The largest absolute Gasteiger partial charge is 0.476 e. The first-order valence-corrected chi connectivity index (χ1v) is 7.99. The van der Waals surface area contributed by atoms with E-state index >= 15 is 0 Å². The van der Waals surface area contributed by atoms with Gasteiger partial charge in [0.15, 0.2) is 11.9 Å². The Morgan fingerprint density at radius 2 is 2.17 bits per heavy atom. The van der Waals surface area contributed by atoms with Crippen LogP contribution in [0.25, 0.3) is 0 Å². The van der Waals surface area contributed by atoms with Gasteiger partial charge in [-0.3, -0.25) is 4.79 Å². The van der Waals surface area contributed by atoms with Crippen LogP contribution in [0.1, 0.15) is 42.1 Å². The Morgan fingerprint density at radius 1 is 1.43 bits per heavy atom. The summed E-state index contributed by atoms with van der Waals surface area (Å²) in [6, 6.07) is 3.31. The van der Waals surface area contributed by atoms with E-state index in [0.717, 1.165) is 12.8 Å². The molecule has 1 aromatic rings.